The number of aliphatic hydroxyl groups is 6. The highest BCUT2D eigenvalue weighted by Gasteiger charge is 2.45. The van der Waals surface area contributed by atoms with E-state index in [1.165, 1.54) is 40.7 Å². The van der Waals surface area contributed by atoms with E-state index in [9.17, 15) is 49.8 Å². The quantitative estimate of drug-likeness (QED) is 0.0165. The van der Waals surface area contributed by atoms with Crippen LogP contribution in [0.5, 0.6) is 57.5 Å². The molecule has 18 rings (SSSR count). The summed E-state index contributed by atoms with van der Waals surface area (Å²) in [4.78, 5) is 79.9. The van der Waals surface area contributed by atoms with Crippen molar-refractivity contribution in [1.29, 1.82) is 0 Å². The van der Waals surface area contributed by atoms with Crippen LogP contribution < -0.4 is 70.3 Å². The van der Waals surface area contributed by atoms with Crippen molar-refractivity contribution in [3.63, 3.8) is 0 Å². The summed E-state index contributed by atoms with van der Waals surface area (Å²) in [7, 11) is 6.01. The number of carbonyl (C=O) groups is 4. The average Bonchev–Trinajstić information content (AvgIpc) is 1.63. The van der Waals surface area contributed by atoms with Crippen LogP contribution >= 0.6 is 0 Å². The third kappa shape index (κ3) is 24.8. The van der Waals surface area contributed by atoms with Gasteiger partial charge in [0, 0.05) is 98.5 Å². The Morgan fingerprint density at radius 2 is 0.725 bits per heavy atom. The highest BCUT2D eigenvalue weighted by atomic mass is 16.5. The zero-order chi connectivity index (χ0) is 107. The summed E-state index contributed by atoms with van der Waals surface area (Å²) in [5.74, 6) is 5.38. The number of hydrogen-bond acceptors (Lipinski definition) is 32. The molecule has 14 N–H and O–H groups in total. The number of hydrogen-bond donors (Lipinski definition) is 10. The minimum absolute atomic E-state index is 0.0600. The maximum Gasteiger partial charge on any atom is 0.261 e. The molecule has 782 valence electrons. The Balaban J connectivity index is 0.000000149. The first-order chi connectivity index (χ1) is 70.5. The van der Waals surface area contributed by atoms with Crippen molar-refractivity contribution in [3.8, 4) is 114 Å². The van der Waals surface area contributed by atoms with E-state index in [-0.39, 0.29) is 99.5 Å². The number of carbonyl (C=O) groups excluding carboxylic acids is 4. The van der Waals surface area contributed by atoms with Crippen molar-refractivity contribution in [2.24, 2.45) is 22.9 Å². The molecule has 13 aromatic rings. The largest absolute Gasteiger partial charge is 0.496 e. The van der Waals surface area contributed by atoms with Gasteiger partial charge in [0.15, 0.2) is 75.0 Å². The zero-order valence-corrected chi connectivity index (χ0v) is 87.6. The number of aryl methyl sites for hydroxylation is 5. The third-order valence-electron chi connectivity index (χ3n) is 27.6. The molecule has 32 nitrogen and oxygen atoms in total. The van der Waals surface area contributed by atoms with Gasteiger partial charge in [0.2, 0.25) is 0 Å². The Morgan fingerprint density at radius 1 is 0.403 bits per heavy atom. The van der Waals surface area contributed by atoms with Crippen LogP contribution in [0, 0.1) is 34.6 Å². The number of benzene rings is 7. The molecule has 9 atom stereocenters. The van der Waals surface area contributed by atoms with Crippen LogP contribution in [0.4, 0.5) is 0 Å². The summed E-state index contributed by atoms with van der Waals surface area (Å²) < 4.78 is 61.9. The van der Waals surface area contributed by atoms with Gasteiger partial charge in [-0.2, -0.15) is 4.98 Å². The summed E-state index contributed by atoms with van der Waals surface area (Å²) in [6.07, 6.45) is 4.12. The Hall–Kier alpha value is -14.3. The summed E-state index contributed by atoms with van der Waals surface area (Å²) in [5.41, 5.74) is 35.9. The number of aliphatic hydroxyl groups excluding tert-OH is 2. The van der Waals surface area contributed by atoms with E-state index in [0.29, 0.717) is 169 Å². The van der Waals surface area contributed by atoms with Gasteiger partial charge in [-0.25, -0.2) is 24.9 Å². The highest BCUT2D eigenvalue weighted by molar-refractivity contribution is 5.99. The number of methoxy groups -OCH3 is 4. The van der Waals surface area contributed by atoms with Crippen molar-refractivity contribution in [1.82, 2.24) is 35.1 Å². The van der Waals surface area contributed by atoms with Crippen LogP contribution in [-0.2, 0) is 51.2 Å². The minimum Gasteiger partial charge on any atom is -0.496 e. The maximum absolute atomic E-state index is 13.2. The van der Waals surface area contributed by atoms with Gasteiger partial charge in [-0.15, -0.1) is 0 Å². The normalized spacial score (nSPS) is 18.8. The highest BCUT2D eigenvalue weighted by Crippen LogP contribution is 2.51. The lowest BCUT2D eigenvalue weighted by Gasteiger charge is -2.25. The first-order valence-corrected chi connectivity index (χ1v) is 49.7. The summed E-state index contributed by atoms with van der Waals surface area (Å²) >= 11 is 0. The Kier molecular flexibility index (Phi) is 32.3. The molecular formula is C117H133N11O21. The monoisotopic (exact) mass is 2030 g/mol. The number of ether oxygens (including phenoxy) is 10. The lowest BCUT2D eigenvalue weighted by Crippen LogP contribution is -2.35. The molecule has 1 aliphatic carbocycles. The second kappa shape index (κ2) is 44.2. The van der Waals surface area contributed by atoms with Gasteiger partial charge in [-0.3, -0.25) is 19.2 Å². The molecule has 1 saturated carbocycles. The first kappa shape index (κ1) is 109. The van der Waals surface area contributed by atoms with Crippen molar-refractivity contribution in [2.75, 3.05) is 61.5 Å². The van der Waals surface area contributed by atoms with E-state index in [4.69, 9.17) is 94.8 Å². The van der Waals surface area contributed by atoms with Gasteiger partial charge in [0.05, 0.1) is 104 Å². The topological polar surface area (TPSA) is 489 Å². The fourth-order valence-corrected chi connectivity index (χ4v) is 17.7. The van der Waals surface area contributed by atoms with Gasteiger partial charge >= 0.3 is 0 Å². The molecule has 0 saturated heterocycles. The van der Waals surface area contributed by atoms with Crippen LogP contribution in [0.15, 0.2) is 193 Å². The molecule has 149 heavy (non-hydrogen) atoms. The van der Waals surface area contributed by atoms with E-state index in [1.54, 1.807) is 114 Å². The Labute approximate surface area is 867 Å². The number of aromatic nitrogens is 7. The number of pyridine rings is 5. The van der Waals surface area contributed by atoms with E-state index < -0.39 is 50.7 Å². The molecule has 6 aromatic heterocycles. The molecular weight excluding hydrogens is 1900 g/mol. The average molecular weight is 2030 g/mol. The van der Waals surface area contributed by atoms with Gasteiger partial charge in [-0.1, -0.05) is 143 Å². The van der Waals surface area contributed by atoms with Crippen LogP contribution in [0.2, 0.25) is 0 Å². The van der Waals surface area contributed by atoms with Gasteiger partial charge in [0.1, 0.15) is 94.9 Å². The fraction of sp³-hybridized carbons (Fsp3) is 0.376. The van der Waals surface area contributed by atoms with Crippen molar-refractivity contribution >= 4 is 23.1 Å². The number of ketones is 4. The fourth-order valence-electron chi connectivity index (χ4n) is 17.7. The Morgan fingerprint density at radius 3 is 1.05 bits per heavy atom. The van der Waals surface area contributed by atoms with E-state index in [1.807, 2.05) is 159 Å². The predicted octanol–water partition coefficient (Wildman–Crippen LogP) is 17.6. The molecule has 9 unspecified atom stereocenters. The standard InChI is InChI=1S/C30H32N4O5.C30H36N2O6.C30H34N2O5.C27H31N3O5/c1-17-6-8-19(9-7-17)26-27-22(29(3,31)16-38-27)15-25(33-26)30(4,36)13-12-23(35)20-10-11-21(24(14-20)37-5)28-32-18(2)34-39-28;1-18-6-8-20(9-7-18)27-28-22(29(3,31)17-37-28)15-26(32-27)30(4,35)13-12-23(34)21-10-11-24(25(14-21)36-5)38-19(2)16-33;1-18-4-6-19(7-5-18)27-28-23(29(2,31)17-36-28)15-26(32-27)30(3,35)13-12-24(34)20-8-9-21(16-33)25(14-20)37-22-10-11-22;1-16-6-8-17(9-7-16)24-25-18(26(2,28)15-35-25)12-23(30-24)27(3,32)11-10-20(31)19-13-21(33-4)22(34-5)14-29-19/h6-11,14-15,36H,12-13,16,31H2,1-5H3;6-11,14-15,19,33,35H,12-13,16-17,31H2,1-5H3;4-9,14-15,22,33,35H,10-13,16-17,31H2,1-3H3;6-9,12-14,32H,10-11,15,28H2,1-5H3. The first-order valence-electron chi connectivity index (χ1n) is 49.7. The van der Waals surface area contributed by atoms with Crippen LogP contribution in [-0.4, -0.2) is 163 Å². The third-order valence-corrected chi connectivity index (χ3v) is 27.6. The number of nitrogens with zero attached hydrogens (tertiary/aromatic N) is 7. The summed E-state index contributed by atoms with van der Waals surface area (Å²) in [6.45, 7) is 26.7. The van der Waals surface area contributed by atoms with Crippen molar-refractivity contribution < 1.29 is 102 Å². The molecule has 5 aliphatic rings. The lowest BCUT2D eigenvalue weighted by atomic mass is 9.88. The van der Waals surface area contributed by atoms with Crippen LogP contribution in [0.3, 0.4) is 0 Å². The summed E-state index contributed by atoms with van der Waals surface area (Å²) in [5, 5.41) is 68.7. The molecule has 32 heteroatoms. The number of rotatable bonds is 35. The number of Topliss-reactive ketones (excluding diaryl/α,β-unsaturated/α-hetero) is 4. The predicted molar refractivity (Wildman–Crippen MR) is 563 cm³/mol. The number of nitrogens with two attached hydrogens (primary N) is 4. The van der Waals surface area contributed by atoms with Crippen molar-refractivity contribution in [2.45, 2.75) is 225 Å². The summed E-state index contributed by atoms with van der Waals surface area (Å²) in [6, 6.07) is 55.6. The molecule has 0 radical (unpaired) electrons. The molecule has 1 fully saturated rings. The molecule has 0 bridgehead atoms. The minimum atomic E-state index is -1.40. The SMILES string of the molecule is COc1cc(C(=O)CCC(C)(O)c2cc3c(c(-c4ccc(C)cc4)n2)OCC3(C)N)ccc1-c1nc(C)no1.COc1cc(C(=O)CCC(C)(O)c2cc3c(c(-c4ccc(C)cc4)n2)OCC3(C)N)ccc1OC(C)CO.COc1cnc(C(=O)CCC(C)(O)c2cc3c(c(-c4ccc(C)cc4)n2)OCC3(C)N)cc1OC.Cc1ccc(-c2nc(C(C)(O)CCC(=O)c3ccc(CO)c(OC4CC4)c3)cc3c2OCC3(C)N)cc1. The lowest BCUT2D eigenvalue weighted by molar-refractivity contribution is 0.0395. The smallest absolute Gasteiger partial charge is 0.261 e. The van der Waals surface area contributed by atoms with Gasteiger partial charge in [0.25, 0.3) is 5.89 Å². The molecule has 7 aromatic carbocycles. The molecule has 0 amide bonds. The molecule has 4 aliphatic heterocycles. The van der Waals surface area contributed by atoms with Gasteiger partial charge < -0.3 is 105 Å². The van der Waals surface area contributed by atoms with Crippen LogP contribution in [0.1, 0.15) is 247 Å². The Bertz CT molecular complexity index is 7110. The number of fused-ring (bicyclic) bond motifs is 4. The second-order valence-corrected chi connectivity index (χ2v) is 41.3. The van der Waals surface area contributed by atoms with E-state index in [2.05, 4.69) is 15.1 Å². The van der Waals surface area contributed by atoms with Gasteiger partial charge in [-0.05, 0) is 196 Å². The van der Waals surface area contributed by atoms with E-state index in [0.717, 1.165) is 79.6 Å². The van der Waals surface area contributed by atoms with E-state index >= 15 is 0 Å². The zero-order valence-electron chi connectivity index (χ0n) is 87.6. The van der Waals surface area contributed by atoms with Crippen molar-refractivity contribution in [3.05, 3.63) is 289 Å². The second-order valence-electron chi connectivity index (χ2n) is 41.3. The molecule has 0 spiro atoms. The molecule has 10 heterocycles. The van der Waals surface area contributed by atoms with Crippen LogP contribution in [0.25, 0.3) is 56.5 Å². The maximum atomic E-state index is 13.2.